The number of hydrogen-bond acceptors (Lipinski definition) is 3. The van der Waals surface area contributed by atoms with E-state index < -0.39 is 12.0 Å². The van der Waals surface area contributed by atoms with E-state index >= 15 is 0 Å². The van der Waals surface area contributed by atoms with Crippen molar-refractivity contribution in [3.05, 3.63) is 0 Å². The van der Waals surface area contributed by atoms with Crippen LogP contribution in [0, 0.1) is 5.92 Å². The van der Waals surface area contributed by atoms with Crippen molar-refractivity contribution in [1.82, 2.24) is 5.32 Å². The van der Waals surface area contributed by atoms with Crippen molar-refractivity contribution < 1.29 is 9.90 Å². The molecule has 2 unspecified atom stereocenters. The van der Waals surface area contributed by atoms with Gasteiger partial charge in [0.25, 0.3) is 0 Å². The van der Waals surface area contributed by atoms with Gasteiger partial charge < -0.3 is 10.4 Å². The van der Waals surface area contributed by atoms with Crippen molar-refractivity contribution in [1.29, 1.82) is 0 Å². The van der Waals surface area contributed by atoms with Crippen LogP contribution in [0.5, 0.6) is 0 Å². The molecule has 1 aliphatic heterocycles. The molecule has 1 saturated heterocycles. The lowest BCUT2D eigenvalue weighted by atomic mass is 10.0. The van der Waals surface area contributed by atoms with E-state index in [0.29, 0.717) is 5.25 Å². The van der Waals surface area contributed by atoms with E-state index in [1.54, 1.807) is 0 Å². The minimum Gasteiger partial charge on any atom is -0.480 e. The van der Waals surface area contributed by atoms with Crippen LogP contribution in [0.4, 0.5) is 0 Å². The summed E-state index contributed by atoms with van der Waals surface area (Å²) in [5.41, 5.74) is 0. The van der Waals surface area contributed by atoms with Gasteiger partial charge in [0.15, 0.2) is 0 Å². The average molecular weight is 217 g/mol. The van der Waals surface area contributed by atoms with Gasteiger partial charge in [0.2, 0.25) is 0 Å². The molecule has 0 aromatic rings. The third-order valence-corrected chi connectivity index (χ3v) is 3.92. The van der Waals surface area contributed by atoms with Gasteiger partial charge in [-0.3, -0.25) is 4.79 Å². The van der Waals surface area contributed by atoms with Crippen LogP contribution in [0.15, 0.2) is 0 Å². The molecule has 4 heteroatoms. The number of carbonyl (C=O) groups is 1. The second-order valence-electron chi connectivity index (χ2n) is 4.10. The van der Waals surface area contributed by atoms with Crippen LogP contribution in [0.3, 0.4) is 0 Å². The smallest absolute Gasteiger partial charge is 0.320 e. The standard InChI is InChI=1S/C10H19NO2S/c1-7(2)9(10(12)13)11-6-8-4-3-5-14-8/h7-9,11H,3-6H2,1-2H3,(H,12,13). The highest BCUT2D eigenvalue weighted by Gasteiger charge is 2.23. The van der Waals surface area contributed by atoms with E-state index in [1.807, 2.05) is 25.6 Å². The van der Waals surface area contributed by atoms with Gasteiger partial charge in [-0.1, -0.05) is 13.8 Å². The molecule has 0 aliphatic carbocycles. The Morgan fingerprint density at radius 1 is 1.64 bits per heavy atom. The monoisotopic (exact) mass is 217 g/mol. The van der Waals surface area contributed by atoms with Crippen LogP contribution < -0.4 is 5.32 Å². The first-order valence-electron chi connectivity index (χ1n) is 5.19. The minimum atomic E-state index is -0.733. The summed E-state index contributed by atoms with van der Waals surface area (Å²) in [7, 11) is 0. The molecular weight excluding hydrogens is 198 g/mol. The Balaban J connectivity index is 2.28. The fourth-order valence-corrected chi connectivity index (χ4v) is 2.89. The lowest BCUT2D eigenvalue weighted by Gasteiger charge is -2.19. The molecule has 82 valence electrons. The average Bonchev–Trinajstić information content (AvgIpc) is 2.55. The Kier molecular flexibility index (Phi) is 4.75. The number of nitrogens with one attached hydrogen (secondary N) is 1. The van der Waals surface area contributed by atoms with E-state index in [2.05, 4.69) is 5.32 Å². The van der Waals surface area contributed by atoms with Crippen molar-refractivity contribution in [2.75, 3.05) is 12.3 Å². The first-order valence-corrected chi connectivity index (χ1v) is 6.24. The largest absolute Gasteiger partial charge is 0.480 e. The number of carboxylic acids is 1. The van der Waals surface area contributed by atoms with E-state index in [9.17, 15) is 4.79 Å². The molecule has 14 heavy (non-hydrogen) atoms. The van der Waals surface area contributed by atoms with Crippen LogP contribution in [-0.2, 0) is 4.79 Å². The lowest BCUT2D eigenvalue weighted by molar-refractivity contribution is -0.140. The first kappa shape index (κ1) is 11.9. The Morgan fingerprint density at radius 3 is 2.79 bits per heavy atom. The van der Waals surface area contributed by atoms with Crippen LogP contribution in [0.1, 0.15) is 26.7 Å². The van der Waals surface area contributed by atoms with Gasteiger partial charge in [-0.05, 0) is 24.5 Å². The van der Waals surface area contributed by atoms with Crippen molar-refractivity contribution in [3.8, 4) is 0 Å². The summed E-state index contributed by atoms with van der Waals surface area (Å²) < 4.78 is 0. The second kappa shape index (κ2) is 5.61. The number of aliphatic carboxylic acids is 1. The molecule has 1 rings (SSSR count). The highest BCUT2D eigenvalue weighted by molar-refractivity contribution is 8.00. The maximum absolute atomic E-state index is 10.9. The minimum absolute atomic E-state index is 0.152. The SMILES string of the molecule is CC(C)C(NCC1CCCS1)C(=O)O. The summed E-state index contributed by atoms with van der Waals surface area (Å²) in [5, 5.41) is 12.7. The quantitative estimate of drug-likeness (QED) is 0.734. The van der Waals surface area contributed by atoms with Crippen LogP contribution in [0.25, 0.3) is 0 Å². The molecule has 1 heterocycles. The topological polar surface area (TPSA) is 49.3 Å². The Morgan fingerprint density at radius 2 is 2.36 bits per heavy atom. The molecule has 0 aromatic heterocycles. The number of thioether (sulfide) groups is 1. The summed E-state index contributed by atoms with van der Waals surface area (Å²) in [6.45, 7) is 4.71. The molecule has 1 aliphatic rings. The molecular formula is C10H19NO2S. The molecule has 2 N–H and O–H groups in total. The number of hydrogen-bond donors (Lipinski definition) is 2. The zero-order chi connectivity index (χ0) is 10.6. The molecule has 0 radical (unpaired) electrons. The molecule has 1 fully saturated rings. The van der Waals surface area contributed by atoms with Gasteiger partial charge in [-0.15, -0.1) is 0 Å². The normalized spacial score (nSPS) is 24.1. The van der Waals surface area contributed by atoms with Gasteiger partial charge in [0.1, 0.15) is 6.04 Å². The third-order valence-electron chi connectivity index (χ3n) is 2.52. The summed E-state index contributed by atoms with van der Waals surface area (Å²) >= 11 is 1.95. The fraction of sp³-hybridized carbons (Fsp3) is 0.900. The zero-order valence-electron chi connectivity index (χ0n) is 8.82. The molecule has 0 spiro atoms. The third kappa shape index (κ3) is 3.50. The predicted molar refractivity (Wildman–Crippen MR) is 59.7 cm³/mol. The summed E-state index contributed by atoms with van der Waals surface area (Å²) in [6, 6.07) is -0.392. The van der Waals surface area contributed by atoms with Gasteiger partial charge in [-0.25, -0.2) is 0 Å². The zero-order valence-corrected chi connectivity index (χ0v) is 9.64. The van der Waals surface area contributed by atoms with Crippen LogP contribution >= 0.6 is 11.8 Å². The van der Waals surface area contributed by atoms with Gasteiger partial charge >= 0.3 is 5.97 Å². The Bertz CT molecular complexity index is 191. The molecule has 3 nitrogen and oxygen atoms in total. The fourth-order valence-electron chi connectivity index (χ4n) is 1.67. The maximum Gasteiger partial charge on any atom is 0.320 e. The van der Waals surface area contributed by atoms with Gasteiger partial charge in [-0.2, -0.15) is 11.8 Å². The summed E-state index contributed by atoms with van der Waals surface area (Å²) in [4.78, 5) is 10.9. The van der Waals surface area contributed by atoms with E-state index in [4.69, 9.17) is 5.11 Å². The van der Waals surface area contributed by atoms with Crippen molar-refractivity contribution >= 4 is 17.7 Å². The molecule has 0 aromatic carbocycles. The van der Waals surface area contributed by atoms with Crippen molar-refractivity contribution in [2.24, 2.45) is 5.92 Å². The molecule has 2 atom stereocenters. The maximum atomic E-state index is 10.9. The van der Waals surface area contributed by atoms with E-state index in [-0.39, 0.29) is 5.92 Å². The van der Waals surface area contributed by atoms with E-state index in [0.717, 1.165) is 6.54 Å². The summed E-state index contributed by atoms with van der Waals surface area (Å²) in [5.74, 6) is 0.646. The first-order chi connectivity index (χ1) is 6.61. The highest BCUT2D eigenvalue weighted by atomic mass is 32.2. The highest BCUT2D eigenvalue weighted by Crippen LogP contribution is 2.25. The van der Waals surface area contributed by atoms with Crippen LogP contribution in [0.2, 0.25) is 0 Å². The van der Waals surface area contributed by atoms with Gasteiger partial charge in [0, 0.05) is 11.8 Å². The number of carboxylic acid groups (broad SMARTS) is 1. The number of rotatable bonds is 5. The van der Waals surface area contributed by atoms with Crippen molar-refractivity contribution in [2.45, 2.75) is 38.0 Å². The van der Waals surface area contributed by atoms with Crippen LogP contribution in [-0.4, -0.2) is 34.7 Å². The van der Waals surface area contributed by atoms with Gasteiger partial charge in [0.05, 0.1) is 0 Å². The molecule has 0 saturated carbocycles. The molecule has 0 amide bonds. The lowest BCUT2D eigenvalue weighted by Crippen LogP contribution is -2.43. The van der Waals surface area contributed by atoms with Crippen molar-refractivity contribution in [3.63, 3.8) is 0 Å². The predicted octanol–water partition coefficient (Wildman–Crippen LogP) is 1.58. The Labute approximate surface area is 89.6 Å². The molecule has 0 bridgehead atoms. The summed E-state index contributed by atoms with van der Waals surface area (Å²) in [6.07, 6.45) is 2.50. The Hall–Kier alpha value is -0.220. The second-order valence-corrected chi connectivity index (χ2v) is 5.51. The van der Waals surface area contributed by atoms with E-state index in [1.165, 1.54) is 18.6 Å².